The van der Waals surface area contributed by atoms with Crippen LogP contribution in [0.3, 0.4) is 0 Å². The number of urea groups is 1. The third-order valence-corrected chi connectivity index (χ3v) is 4.11. The molecule has 3 aromatic carbocycles. The summed E-state index contributed by atoms with van der Waals surface area (Å²) in [6.07, 6.45) is 1.55. The van der Waals surface area contributed by atoms with Crippen molar-refractivity contribution >= 4 is 28.4 Å². The van der Waals surface area contributed by atoms with Crippen LogP contribution in [0.2, 0.25) is 0 Å². The minimum Gasteiger partial charge on any atom is -0.480 e. The molecule has 0 saturated carbocycles. The first-order valence-corrected chi connectivity index (χ1v) is 9.01. The number of hydrogen-bond donors (Lipinski definition) is 2. The van der Waals surface area contributed by atoms with Gasteiger partial charge in [0.25, 0.3) is 0 Å². The molecule has 0 saturated heterocycles. The van der Waals surface area contributed by atoms with Gasteiger partial charge in [-0.2, -0.15) is 0 Å². The Morgan fingerprint density at radius 2 is 1.63 bits per heavy atom. The SMILES string of the molecule is COc1cnc2ccc(Oc3cccc(NC(=O)Nc4cccc(F)c4)c3)cc2n1. The van der Waals surface area contributed by atoms with Gasteiger partial charge in [-0.3, -0.25) is 0 Å². The molecule has 30 heavy (non-hydrogen) atoms. The minimum absolute atomic E-state index is 0.354. The topological polar surface area (TPSA) is 85.4 Å². The summed E-state index contributed by atoms with van der Waals surface area (Å²) in [6, 6.07) is 17.4. The lowest BCUT2D eigenvalue weighted by Crippen LogP contribution is -2.19. The third kappa shape index (κ3) is 4.61. The molecule has 7 nitrogen and oxygen atoms in total. The smallest absolute Gasteiger partial charge is 0.323 e. The summed E-state index contributed by atoms with van der Waals surface area (Å²) in [5.74, 6) is 1.07. The molecule has 0 aliphatic rings. The highest BCUT2D eigenvalue weighted by Crippen LogP contribution is 2.27. The number of nitrogens with zero attached hydrogens (tertiary/aromatic N) is 2. The number of anilines is 2. The van der Waals surface area contributed by atoms with E-state index in [1.54, 1.807) is 54.7 Å². The van der Waals surface area contributed by atoms with Crippen LogP contribution in [0.15, 0.2) is 72.9 Å². The lowest BCUT2D eigenvalue weighted by Gasteiger charge is -2.10. The fraction of sp³-hybridized carbons (Fsp3) is 0.0455. The normalized spacial score (nSPS) is 10.5. The van der Waals surface area contributed by atoms with Gasteiger partial charge < -0.3 is 20.1 Å². The molecule has 0 spiro atoms. The molecule has 0 unspecified atom stereocenters. The van der Waals surface area contributed by atoms with Gasteiger partial charge in [0.1, 0.15) is 17.3 Å². The van der Waals surface area contributed by atoms with Crippen molar-refractivity contribution in [2.45, 2.75) is 0 Å². The first-order valence-electron chi connectivity index (χ1n) is 9.01. The quantitative estimate of drug-likeness (QED) is 0.477. The van der Waals surface area contributed by atoms with Crippen molar-refractivity contribution in [2.75, 3.05) is 17.7 Å². The maximum absolute atomic E-state index is 13.2. The molecule has 2 N–H and O–H groups in total. The number of ether oxygens (including phenoxy) is 2. The van der Waals surface area contributed by atoms with Crippen LogP contribution < -0.4 is 20.1 Å². The number of hydrogen-bond acceptors (Lipinski definition) is 5. The van der Waals surface area contributed by atoms with Crippen molar-refractivity contribution in [1.29, 1.82) is 0 Å². The summed E-state index contributed by atoms with van der Waals surface area (Å²) >= 11 is 0. The van der Waals surface area contributed by atoms with Crippen LogP contribution in [0.1, 0.15) is 0 Å². The minimum atomic E-state index is -0.495. The second-order valence-corrected chi connectivity index (χ2v) is 6.28. The summed E-state index contributed by atoms with van der Waals surface area (Å²) in [5.41, 5.74) is 2.22. The Bertz CT molecular complexity index is 1220. The average Bonchev–Trinajstić information content (AvgIpc) is 2.73. The van der Waals surface area contributed by atoms with Gasteiger partial charge in [-0.1, -0.05) is 12.1 Å². The maximum atomic E-state index is 13.2. The lowest BCUT2D eigenvalue weighted by molar-refractivity contribution is 0.262. The zero-order valence-electron chi connectivity index (χ0n) is 15.9. The molecule has 4 rings (SSSR count). The van der Waals surface area contributed by atoms with E-state index in [-0.39, 0.29) is 0 Å². The molecule has 0 atom stereocenters. The number of aromatic nitrogens is 2. The van der Waals surface area contributed by atoms with Crippen molar-refractivity contribution < 1.29 is 18.7 Å². The van der Waals surface area contributed by atoms with E-state index in [2.05, 4.69) is 20.6 Å². The first kappa shape index (κ1) is 19.1. The number of carbonyl (C=O) groups is 1. The Balaban J connectivity index is 1.46. The second kappa shape index (κ2) is 8.44. The largest absolute Gasteiger partial charge is 0.480 e. The number of amides is 2. The number of benzene rings is 3. The van der Waals surface area contributed by atoms with E-state index >= 15 is 0 Å². The van der Waals surface area contributed by atoms with Crippen LogP contribution in [0.4, 0.5) is 20.6 Å². The zero-order valence-corrected chi connectivity index (χ0v) is 15.9. The standard InChI is InChI=1S/C22H17FN4O3/c1-29-21-13-24-19-9-8-18(12-20(19)27-21)30-17-7-3-6-16(11-17)26-22(28)25-15-5-2-4-14(23)10-15/h2-13H,1H3,(H2,25,26,28). The summed E-state index contributed by atoms with van der Waals surface area (Å²) in [5, 5.41) is 5.26. The fourth-order valence-corrected chi connectivity index (χ4v) is 2.77. The molecule has 1 heterocycles. The molecular formula is C22H17FN4O3. The van der Waals surface area contributed by atoms with Crippen molar-refractivity contribution in [3.05, 3.63) is 78.7 Å². The van der Waals surface area contributed by atoms with Gasteiger partial charge in [0.2, 0.25) is 5.88 Å². The Hall–Kier alpha value is -4.20. The van der Waals surface area contributed by atoms with Crippen LogP contribution in [0.5, 0.6) is 17.4 Å². The van der Waals surface area contributed by atoms with Gasteiger partial charge in [-0.25, -0.2) is 19.2 Å². The average molecular weight is 404 g/mol. The van der Waals surface area contributed by atoms with Gasteiger partial charge in [-0.15, -0.1) is 0 Å². The summed E-state index contributed by atoms with van der Waals surface area (Å²) in [4.78, 5) is 20.8. The van der Waals surface area contributed by atoms with Gasteiger partial charge in [0.05, 0.1) is 24.3 Å². The fourth-order valence-electron chi connectivity index (χ4n) is 2.77. The van der Waals surface area contributed by atoms with Gasteiger partial charge in [0.15, 0.2) is 0 Å². The molecule has 1 aromatic heterocycles. The molecule has 0 radical (unpaired) electrons. The first-order chi connectivity index (χ1) is 14.6. The van der Waals surface area contributed by atoms with Crippen LogP contribution in [0, 0.1) is 5.82 Å². The number of carbonyl (C=O) groups excluding carboxylic acids is 1. The summed E-state index contributed by atoms with van der Waals surface area (Å²) < 4.78 is 24.2. The Kier molecular flexibility index (Phi) is 5.38. The van der Waals surface area contributed by atoms with E-state index in [9.17, 15) is 9.18 Å². The van der Waals surface area contributed by atoms with E-state index in [1.807, 2.05) is 0 Å². The second-order valence-electron chi connectivity index (χ2n) is 6.28. The van der Waals surface area contributed by atoms with E-state index in [0.29, 0.717) is 39.8 Å². The number of halogens is 1. The molecule has 0 aliphatic heterocycles. The van der Waals surface area contributed by atoms with Crippen molar-refractivity contribution in [1.82, 2.24) is 9.97 Å². The lowest BCUT2D eigenvalue weighted by atomic mass is 10.2. The van der Waals surface area contributed by atoms with Crippen LogP contribution >= 0.6 is 0 Å². The van der Waals surface area contributed by atoms with Crippen molar-refractivity contribution in [3.63, 3.8) is 0 Å². The van der Waals surface area contributed by atoms with Crippen LogP contribution in [-0.4, -0.2) is 23.1 Å². The highest BCUT2D eigenvalue weighted by atomic mass is 19.1. The predicted octanol–water partition coefficient (Wildman–Crippen LogP) is 5.21. The molecule has 0 fully saturated rings. The Morgan fingerprint density at radius 3 is 2.40 bits per heavy atom. The molecule has 2 amide bonds. The van der Waals surface area contributed by atoms with Crippen molar-refractivity contribution in [2.24, 2.45) is 0 Å². The summed E-state index contributed by atoms with van der Waals surface area (Å²) in [7, 11) is 1.53. The van der Waals surface area contributed by atoms with E-state index in [0.717, 1.165) is 0 Å². The van der Waals surface area contributed by atoms with Gasteiger partial charge >= 0.3 is 6.03 Å². The molecule has 0 aliphatic carbocycles. The molecule has 4 aromatic rings. The molecule has 8 heteroatoms. The van der Waals surface area contributed by atoms with E-state index in [4.69, 9.17) is 9.47 Å². The highest BCUT2D eigenvalue weighted by molar-refractivity contribution is 5.99. The molecule has 0 bridgehead atoms. The number of methoxy groups -OCH3 is 1. The summed E-state index contributed by atoms with van der Waals surface area (Å²) in [6.45, 7) is 0. The number of nitrogens with one attached hydrogen (secondary N) is 2. The molecular weight excluding hydrogens is 387 g/mol. The van der Waals surface area contributed by atoms with Crippen LogP contribution in [0.25, 0.3) is 11.0 Å². The third-order valence-electron chi connectivity index (χ3n) is 4.11. The highest BCUT2D eigenvalue weighted by Gasteiger charge is 2.07. The monoisotopic (exact) mass is 404 g/mol. The maximum Gasteiger partial charge on any atom is 0.323 e. The number of rotatable bonds is 5. The van der Waals surface area contributed by atoms with Gasteiger partial charge in [0, 0.05) is 23.5 Å². The Labute approximate surface area is 171 Å². The zero-order chi connectivity index (χ0) is 20.9. The van der Waals surface area contributed by atoms with E-state index in [1.165, 1.54) is 25.3 Å². The van der Waals surface area contributed by atoms with Crippen LogP contribution in [-0.2, 0) is 0 Å². The number of fused-ring (bicyclic) bond motifs is 1. The van der Waals surface area contributed by atoms with Crippen molar-refractivity contribution in [3.8, 4) is 17.4 Å². The van der Waals surface area contributed by atoms with Gasteiger partial charge in [-0.05, 0) is 42.5 Å². The molecule has 150 valence electrons. The Morgan fingerprint density at radius 1 is 0.900 bits per heavy atom. The van der Waals surface area contributed by atoms with E-state index < -0.39 is 11.8 Å². The predicted molar refractivity (Wildman–Crippen MR) is 112 cm³/mol.